The highest BCUT2D eigenvalue weighted by Gasteiger charge is 2.03. The molecule has 0 radical (unpaired) electrons. The average Bonchev–Trinajstić information content (AvgIpc) is 2.35. The van der Waals surface area contributed by atoms with Crippen molar-refractivity contribution in [2.75, 3.05) is 0 Å². The van der Waals surface area contributed by atoms with Gasteiger partial charge in [-0.25, -0.2) is 0 Å². The number of hydrogen-bond acceptors (Lipinski definition) is 1. The van der Waals surface area contributed by atoms with E-state index in [1.807, 2.05) is 0 Å². The summed E-state index contributed by atoms with van der Waals surface area (Å²) in [5.41, 5.74) is 3.59. The number of halogens is 1. The number of nitrogens with one attached hydrogen (secondary N) is 1. The predicted octanol–water partition coefficient (Wildman–Crippen LogP) is 2.94. The lowest BCUT2D eigenvalue weighted by Crippen LogP contribution is -1.79. The van der Waals surface area contributed by atoms with Crippen molar-refractivity contribution in [2.45, 2.75) is 13.8 Å². The van der Waals surface area contributed by atoms with E-state index in [0.29, 0.717) is 0 Å². The van der Waals surface area contributed by atoms with Gasteiger partial charge in [0, 0.05) is 5.39 Å². The first-order chi connectivity index (χ1) is 5.68. The minimum Gasteiger partial charge on any atom is -0.270 e. The molecule has 0 saturated heterocycles. The fourth-order valence-electron chi connectivity index (χ4n) is 1.24. The molecule has 0 aliphatic rings. The maximum absolute atomic E-state index is 4.15. The number of nitrogens with zero attached hydrogens (tertiary/aromatic N) is 1. The minimum atomic E-state index is 0.959. The Labute approximate surface area is 79.1 Å². The lowest BCUT2D eigenvalue weighted by Gasteiger charge is -1.97. The Morgan fingerprint density at radius 1 is 1.25 bits per heavy atom. The first kappa shape index (κ1) is 7.80. The Kier molecular flexibility index (Phi) is 1.68. The van der Waals surface area contributed by atoms with Crippen LogP contribution in [0.5, 0.6) is 0 Å². The summed E-state index contributed by atoms with van der Waals surface area (Å²) >= 11 is 3.41. The van der Waals surface area contributed by atoms with Gasteiger partial charge < -0.3 is 0 Å². The number of aryl methyl sites for hydroxylation is 2. The van der Waals surface area contributed by atoms with E-state index in [0.717, 1.165) is 15.5 Å². The van der Waals surface area contributed by atoms with Gasteiger partial charge in [-0.2, -0.15) is 5.10 Å². The molecule has 0 unspecified atom stereocenters. The topological polar surface area (TPSA) is 28.7 Å². The molecule has 1 aromatic carbocycles. The van der Waals surface area contributed by atoms with Gasteiger partial charge in [0.15, 0.2) is 0 Å². The molecule has 0 amide bonds. The van der Waals surface area contributed by atoms with E-state index < -0.39 is 0 Å². The Morgan fingerprint density at radius 3 is 2.67 bits per heavy atom. The molecule has 0 fully saturated rings. The molecule has 2 nitrogen and oxygen atoms in total. The van der Waals surface area contributed by atoms with E-state index in [-0.39, 0.29) is 0 Å². The quantitative estimate of drug-likeness (QED) is 0.733. The second-order valence-corrected chi connectivity index (χ2v) is 3.78. The van der Waals surface area contributed by atoms with E-state index in [9.17, 15) is 0 Å². The number of benzene rings is 1. The molecule has 2 aromatic rings. The van der Waals surface area contributed by atoms with Crippen molar-refractivity contribution >= 4 is 26.8 Å². The molecule has 12 heavy (non-hydrogen) atoms. The Morgan fingerprint density at radius 2 is 1.92 bits per heavy atom. The zero-order chi connectivity index (χ0) is 8.72. The lowest BCUT2D eigenvalue weighted by molar-refractivity contribution is 1.09. The van der Waals surface area contributed by atoms with Crippen LogP contribution in [-0.4, -0.2) is 10.2 Å². The van der Waals surface area contributed by atoms with Crippen LogP contribution in [0, 0.1) is 13.8 Å². The Balaban J connectivity index is 2.87. The zero-order valence-electron chi connectivity index (χ0n) is 6.98. The molecule has 1 heterocycles. The minimum absolute atomic E-state index is 0.959. The van der Waals surface area contributed by atoms with Gasteiger partial charge in [-0.3, -0.25) is 5.10 Å². The van der Waals surface area contributed by atoms with E-state index in [4.69, 9.17) is 0 Å². The van der Waals surface area contributed by atoms with Crippen molar-refractivity contribution in [1.29, 1.82) is 0 Å². The van der Waals surface area contributed by atoms with Crippen LogP contribution in [0.15, 0.2) is 16.7 Å². The number of hydrogen-bond donors (Lipinski definition) is 1. The maximum Gasteiger partial charge on any atom is 0.108 e. The fourth-order valence-corrected chi connectivity index (χ4v) is 1.65. The highest BCUT2D eigenvalue weighted by Crippen LogP contribution is 2.23. The number of H-pyrrole nitrogens is 1. The molecule has 1 aromatic heterocycles. The van der Waals surface area contributed by atoms with Gasteiger partial charge in [-0.15, -0.1) is 0 Å². The molecule has 62 valence electrons. The lowest BCUT2D eigenvalue weighted by atomic mass is 10.1. The van der Waals surface area contributed by atoms with Crippen LogP contribution >= 0.6 is 15.9 Å². The smallest absolute Gasteiger partial charge is 0.108 e. The molecule has 0 aliphatic heterocycles. The van der Waals surface area contributed by atoms with E-state index in [1.54, 1.807) is 0 Å². The molecule has 0 aliphatic carbocycles. The standard InChI is InChI=1S/C9H9BrN2/c1-5-3-7-8(4-6(5)2)11-12-9(7)10/h3-4H,1-2H3,(H,11,12). The summed E-state index contributed by atoms with van der Waals surface area (Å²) < 4.78 is 0.959. The average molecular weight is 225 g/mol. The third-order valence-corrected chi connectivity index (χ3v) is 2.73. The van der Waals surface area contributed by atoms with Crippen LogP contribution in [-0.2, 0) is 0 Å². The second kappa shape index (κ2) is 2.59. The number of rotatable bonds is 0. The van der Waals surface area contributed by atoms with Crippen molar-refractivity contribution < 1.29 is 0 Å². The molecule has 3 heteroatoms. The van der Waals surface area contributed by atoms with Crippen LogP contribution in [0.25, 0.3) is 10.9 Å². The summed E-state index contributed by atoms with van der Waals surface area (Å²) in [5, 5.41) is 8.20. The van der Waals surface area contributed by atoms with E-state index >= 15 is 0 Å². The molecular weight excluding hydrogens is 216 g/mol. The van der Waals surface area contributed by atoms with Crippen LogP contribution in [0.1, 0.15) is 11.1 Å². The highest BCUT2D eigenvalue weighted by molar-refractivity contribution is 9.10. The van der Waals surface area contributed by atoms with Gasteiger partial charge in [0.1, 0.15) is 4.60 Å². The van der Waals surface area contributed by atoms with Crippen LogP contribution in [0.2, 0.25) is 0 Å². The van der Waals surface area contributed by atoms with Gasteiger partial charge in [0.05, 0.1) is 5.52 Å². The Hall–Kier alpha value is -0.830. The van der Waals surface area contributed by atoms with Crippen molar-refractivity contribution in [3.05, 3.63) is 27.9 Å². The van der Waals surface area contributed by atoms with Crippen molar-refractivity contribution in [2.24, 2.45) is 0 Å². The van der Waals surface area contributed by atoms with E-state index in [2.05, 4.69) is 52.1 Å². The highest BCUT2D eigenvalue weighted by atomic mass is 79.9. The summed E-state index contributed by atoms with van der Waals surface area (Å²) in [6.07, 6.45) is 0. The van der Waals surface area contributed by atoms with Crippen LogP contribution in [0.3, 0.4) is 0 Å². The SMILES string of the molecule is Cc1cc2n[nH]c(Br)c2cc1C. The molecule has 2 rings (SSSR count). The summed E-state index contributed by atoms with van der Waals surface area (Å²) in [6, 6.07) is 4.23. The molecule has 0 saturated carbocycles. The van der Waals surface area contributed by atoms with Gasteiger partial charge in [-0.1, -0.05) is 0 Å². The van der Waals surface area contributed by atoms with E-state index in [1.165, 1.54) is 11.1 Å². The van der Waals surface area contributed by atoms with Crippen LogP contribution < -0.4 is 0 Å². The summed E-state index contributed by atoms with van der Waals surface area (Å²) in [7, 11) is 0. The van der Waals surface area contributed by atoms with Crippen molar-refractivity contribution in [1.82, 2.24) is 10.2 Å². The predicted molar refractivity (Wildman–Crippen MR) is 53.3 cm³/mol. The molecule has 0 spiro atoms. The molecular formula is C9H9BrN2. The van der Waals surface area contributed by atoms with Gasteiger partial charge in [0.2, 0.25) is 0 Å². The van der Waals surface area contributed by atoms with Gasteiger partial charge in [0.25, 0.3) is 0 Å². The summed E-state index contributed by atoms with van der Waals surface area (Å²) in [6.45, 7) is 4.20. The molecule has 0 atom stereocenters. The Bertz CT molecular complexity index is 431. The summed E-state index contributed by atoms with van der Waals surface area (Å²) in [4.78, 5) is 0. The fraction of sp³-hybridized carbons (Fsp3) is 0.222. The monoisotopic (exact) mass is 224 g/mol. The number of aromatic nitrogens is 2. The number of aromatic amines is 1. The number of fused-ring (bicyclic) bond motifs is 1. The van der Waals surface area contributed by atoms with Gasteiger partial charge >= 0.3 is 0 Å². The van der Waals surface area contributed by atoms with Crippen molar-refractivity contribution in [3.63, 3.8) is 0 Å². The third kappa shape index (κ3) is 1.05. The largest absolute Gasteiger partial charge is 0.270 e. The van der Waals surface area contributed by atoms with Crippen molar-refractivity contribution in [3.8, 4) is 0 Å². The zero-order valence-corrected chi connectivity index (χ0v) is 8.57. The van der Waals surface area contributed by atoms with Gasteiger partial charge in [-0.05, 0) is 53.0 Å². The molecule has 1 N–H and O–H groups in total. The third-order valence-electron chi connectivity index (χ3n) is 2.12. The first-order valence-corrected chi connectivity index (χ1v) is 4.58. The second-order valence-electron chi connectivity index (χ2n) is 2.99. The maximum atomic E-state index is 4.15. The first-order valence-electron chi connectivity index (χ1n) is 3.79. The summed E-state index contributed by atoms with van der Waals surface area (Å²) in [5.74, 6) is 0. The molecule has 0 bridgehead atoms. The van der Waals surface area contributed by atoms with Crippen LogP contribution in [0.4, 0.5) is 0 Å². The normalized spacial score (nSPS) is 10.9.